The highest BCUT2D eigenvalue weighted by atomic mass is 35.5. The Morgan fingerprint density at radius 1 is 0.846 bits per heavy atom. The fourth-order valence-electron chi connectivity index (χ4n) is 4.36. The lowest BCUT2D eigenvalue weighted by atomic mass is 10.0. The summed E-state index contributed by atoms with van der Waals surface area (Å²) in [6.07, 6.45) is 4.18. The summed E-state index contributed by atoms with van der Waals surface area (Å²) in [6, 6.07) is 24.8. The van der Waals surface area contributed by atoms with Gasteiger partial charge >= 0.3 is 0 Å². The number of halogens is 1. The number of carbonyl (C=O) groups excluding carboxylic acids is 1. The first-order valence-corrected chi connectivity index (χ1v) is 12.7. The van der Waals surface area contributed by atoms with Crippen molar-refractivity contribution in [3.8, 4) is 11.5 Å². The van der Waals surface area contributed by atoms with Gasteiger partial charge in [-0.1, -0.05) is 35.9 Å². The van der Waals surface area contributed by atoms with Crippen LogP contribution in [0.3, 0.4) is 0 Å². The topological polar surface area (TPSA) is 85.4 Å². The van der Waals surface area contributed by atoms with Crippen LogP contribution in [0, 0.1) is 0 Å². The van der Waals surface area contributed by atoms with Crippen LogP contribution in [0.2, 0.25) is 5.02 Å². The van der Waals surface area contributed by atoms with Crippen LogP contribution < -0.4 is 20.1 Å². The van der Waals surface area contributed by atoms with Crippen LogP contribution in [0.5, 0.6) is 11.5 Å². The Bertz CT molecular complexity index is 1620. The number of hydrogen-bond acceptors (Lipinski definition) is 6. The Hall–Kier alpha value is -4.62. The van der Waals surface area contributed by atoms with E-state index in [1.165, 1.54) is 0 Å². The van der Waals surface area contributed by atoms with E-state index in [0.717, 1.165) is 39.7 Å². The maximum Gasteiger partial charge on any atom is 0.255 e. The SMILES string of the molecule is COc1cc2nccc(Cc3ccc(Nc4ncccc4C(=O)NCc4cccc(Cl)c4)cc3)c2cc1OC. The van der Waals surface area contributed by atoms with Gasteiger partial charge in [-0.25, -0.2) is 4.98 Å². The first kappa shape index (κ1) is 26.0. The van der Waals surface area contributed by atoms with E-state index >= 15 is 0 Å². The summed E-state index contributed by atoms with van der Waals surface area (Å²) in [4.78, 5) is 21.8. The number of fused-ring (bicyclic) bond motifs is 1. The molecule has 2 heterocycles. The predicted octanol–water partition coefficient (Wildman–Crippen LogP) is 6.56. The molecule has 0 unspecified atom stereocenters. The summed E-state index contributed by atoms with van der Waals surface area (Å²) < 4.78 is 10.9. The third kappa shape index (κ3) is 6.10. The van der Waals surface area contributed by atoms with E-state index in [0.29, 0.717) is 34.4 Å². The van der Waals surface area contributed by atoms with Crippen LogP contribution in [-0.2, 0) is 13.0 Å². The van der Waals surface area contributed by atoms with Crippen molar-refractivity contribution in [2.75, 3.05) is 19.5 Å². The van der Waals surface area contributed by atoms with Gasteiger partial charge in [-0.3, -0.25) is 9.78 Å². The lowest BCUT2D eigenvalue weighted by Gasteiger charge is -2.13. The molecule has 39 heavy (non-hydrogen) atoms. The van der Waals surface area contributed by atoms with Crippen molar-refractivity contribution in [2.24, 2.45) is 0 Å². The van der Waals surface area contributed by atoms with Crippen LogP contribution in [0.4, 0.5) is 11.5 Å². The van der Waals surface area contributed by atoms with E-state index in [-0.39, 0.29) is 5.91 Å². The first-order chi connectivity index (χ1) is 19.0. The number of carbonyl (C=O) groups is 1. The van der Waals surface area contributed by atoms with Gasteiger partial charge in [-0.2, -0.15) is 0 Å². The molecule has 0 fully saturated rings. The van der Waals surface area contributed by atoms with E-state index in [4.69, 9.17) is 21.1 Å². The van der Waals surface area contributed by atoms with E-state index in [1.54, 1.807) is 44.8 Å². The van der Waals surface area contributed by atoms with E-state index in [9.17, 15) is 4.79 Å². The van der Waals surface area contributed by atoms with Gasteiger partial charge in [0.05, 0.1) is 25.3 Å². The van der Waals surface area contributed by atoms with E-state index < -0.39 is 0 Å². The monoisotopic (exact) mass is 538 g/mol. The average molecular weight is 539 g/mol. The Morgan fingerprint density at radius 2 is 1.64 bits per heavy atom. The van der Waals surface area contributed by atoms with Crippen molar-refractivity contribution in [3.05, 3.63) is 119 Å². The average Bonchev–Trinajstić information content (AvgIpc) is 2.96. The van der Waals surface area contributed by atoms with Crippen molar-refractivity contribution in [1.82, 2.24) is 15.3 Å². The second-order valence-electron chi connectivity index (χ2n) is 8.91. The molecule has 0 saturated carbocycles. The molecule has 0 aliphatic carbocycles. The maximum atomic E-state index is 12.9. The quantitative estimate of drug-likeness (QED) is 0.221. The summed E-state index contributed by atoms with van der Waals surface area (Å²) in [5.41, 5.74) is 5.31. The normalized spacial score (nSPS) is 10.7. The van der Waals surface area contributed by atoms with Crippen molar-refractivity contribution < 1.29 is 14.3 Å². The molecule has 7 nitrogen and oxygen atoms in total. The largest absolute Gasteiger partial charge is 0.493 e. The van der Waals surface area contributed by atoms with Gasteiger partial charge < -0.3 is 20.1 Å². The molecule has 0 atom stereocenters. The van der Waals surface area contributed by atoms with Crippen LogP contribution in [0.1, 0.15) is 27.0 Å². The molecule has 196 valence electrons. The molecule has 0 aliphatic heterocycles. The molecule has 0 aliphatic rings. The summed E-state index contributed by atoms with van der Waals surface area (Å²) in [7, 11) is 3.24. The van der Waals surface area contributed by atoms with Gasteiger partial charge in [-0.05, 0) is 71.6 Å². The lowest BCUT2D eigenvalue weighted by molar-refractivity contribution is 0.0951. The number of rotatable bonds is 9. The Kier molecular flexibility index (Phi) is 7.89. The fraction of sp³-hybridized carbons (Fsp3) is 0.129. The molecule has 0 saturated heterocycles. The summed E-state index contributed by atoms with van der Waals surface area (Å²) in [5, 5.41) is 7.85. The number of hydrogen-bond donors (Lipinski definition) is 2. The standard InChI is InChI=1S/C31H27ClN4O3/c1-38-28-17-26-22(12-14-33-27(26)18-29(28)39-2)15-20-8-10-24(11-9-20)36-30-25(7-4-13-34-30)31(37)35-19-21-5-3-6-23(32)16-21/h3-14,16-18H,15,19H2,1-2H3,(H,34,36)(H,35,37). The Balaban J connectivity index is 1.30. The maximum absolute atomic E-state index is 12.9. The number of anilines is 2. The lowest BCUT2D eigenvalue weighted by Crippen LogP contribution is -2.24. The summed E-state index contributed by atoms with van der Waals surface area (Å²) in [5.74, 6) is 1.58. The van der Waals surface area contributed by atoms with E-state index in [2.05, 4.69) is 32.7 Å². The van der Waals surface area contributed by atoms with Crippen molar-refractivity contribution in [3.63, 3.8) is 0 Å². The molecule has 3 aromatic carbocycles. The Morgan fingerprint density at radius 3 is 2.41 bits per heavy atom. The highest BCUT2D eigenvalue weighted by Crippen LogP contribution is 2.33. The summed E-state index contributed by atoms with van der Waals surface area (Å²) in [6.45, 7) is 0.366. The minimum atomic E-state index is -0.223. The molecule has 2 aromatic heterocycles. The van der Waals surface area contributed by atoms with E-state index in [1.807, 2.05) is 48.5 Å². The molecule has 0 spiro atoms. The molecule has 5 aromatic rings. The van der Waals surface area contributed by atoms with Crippen LogP contribution in [-0.4, -0.2) is 30.1 Å². The zero-order valence-corrected chi connectivity index (χ0v) is 22.3. The van der Waals surface area contributed by atoms with Crippen molar-refractivity contribution >= 4 is 39.9 Å². The molecule has 0 bridgehead atoms. The Labute approximate surface area is 231 Å². The van der Waals surface area contributed by atoms with Gasteiger partial charge in [0.25, 0.3) is 5.91 Å². The van der Waals surface area contributed by atoms with Crippen molar-refractivity contribution in [1.29, 1.82) is 0 Å². The van der Waals surface area contributed by atoms with Crippen LogP contribution in [0.25, 0.3) is 10.9 Å². The highest BCUT2D eigenvalue weighted by Gasteiger charge is 2.13. The zero-order chi connectivity index (χ0) is 27.2. The van der Waals surface area contributed by atoms with Crippen LogP contribution >= 0.6 is 11.6 Å². The highest BCUT2D eigenvalue weighted by molar-refractivity contribution is 6.30. The second kappa shape index (κ2) is 11.8. The van der Waals surface area contributed by atoms with Gasteiger partial charge in [0, 0.05) is 41.1 Å². The number of ether oxygens (including phenoxy) is 2. The van der Waals surface area contributed by atoms with Crippen molar-refractivity contribution in [2.45, 2.75) is 13.0 Å². The van der Waals surface area contributed by atoms with Gasteiger partial charge in [-0.15, -0.1) is 0 Å². The molecule has 5 rings (SSSR count). The number of pyridine rings is 2. The molecular weight excluding hydrogens is 512 g/mol. The summed E-state index contributed by atoms with van der Waals surface area (Å²) >= 11 is 6.05. The number of benzene rings is 3. The number of nitrogens with zero attached hydrogens (tertiary/aromatic N) is 2. The molecule has 2 N–H and O–H groups in total. The van der Waals surface area contributed by atoms with Gasteiger partial charge in [0.2, 0.25) is 0 Å². The molecular formula is C31H27ClN4O3. The smallest absolute Gasteiger partial charge is 0.255 e. The third-order valence-electron chi connectivity index (χ3n) is 6.34. The number of nitrogens with one attached hydrogen (secondary N) is 2. The minimum absolute atomic E-state index is 0.223. The molecule has 0 radical (unpaired) electrons. The fourth-order valence-corrected chi connectivity index (χ4v) is 4.57. The van der Waals surface area contributed by atoms with Gasteiger partial charge in [0.15, 0.2) is 11.5 Å². The third-order valence-corrected chi connectivity index (χ3v) is 6.58. The minimum Gasteiger partial charge on any atom is -0.493 e. The molecule has 8 heteroatoms. The zero-order valence-electron chi connectivity index (χ0n) is 21.6. The molecule has 1 amide bonds. The first-order valence-electron chi connectivity index (χ1n) is 12.4. The number of methoxy groups -OCH3 is 2. The number of amides is 1. The van der Waals surface area contributed by atoms with Gasteiger partial charge in [0.1, 0.15) is 5.82 Å². The van der Waals surface area contributed by atoms with Crippen LogP contribution in [0.15, 0.2) is 91.3 Å². The number of aromatic nitrogens is 2. The second-order valence-corrected chi connectivity index (χ2v) is 9.34. The predicted molar refractivity (Wildman–Crippen MR) is 154 cm³/mol.